The maximum absolute atomic E-state index is 11.5. The van der Waals surface area contributed by atoms with Crippen LogP contribution in [0.25, 0.3) is 0 Å². The summed E-state index contributed by atoms with van der Waals surface area (Å²) >= 11 is 0. The summed E-state index contributed by atoms with van der Waals surface area (Å²) in [6.45, 7) is 5.63. The highest BCUT2D eigenvalue weighted by molar-refractivity contribution is 5.94. The SMILES string of the molecule is COCC(=O)Nc1cc(C=O)cc(C(C)(C)C)c1O. The molecule has 1 aromatic carbocycles. The zero-order valence-electron chi connectivity index (χ0n) is 11.6. The van der Waals surface area contributed by atoms with E-state index < -0.39 is 0 Å². The number of phenols is 1. The number of methoxy groups -OCH3 is 1. The number of carbonyl (C=O) groups is 2. The van der Waals surface area contributed by atoms with Crippen LogP contribution in [-0.4, -0.2) is 31.0 Å². The Morgan fingerprint density at radius 2 is 2.05 bits per heavy atom. The van der Waals surface area contributed by atoms with Gasteiger partial charge in [0.05, 0.1) is 5.69 Å². The normalized spacial score (nSPS) is 11.2. The fourth-order valence-corrected chi connectivity index (χ4v) is 1.71. The summed E-state index contributed by atoms with van der Waals surface area (Å²) in [6, 6.07) is 3.06. The molecule has 0 saturated heterocycles. The molecule has 1 amide bonds. The van der Waals surface area contributed by atoms with Crippen molar-refractivity contribution >= 4 is 17.9 Å². The van der Waals surface area contributed by atoms with Crippen molar-refractivity contribution in [2.24, 2.45) is 0 Å². The van der Waals surface area contributed by atoms with Gasteiger partial charge < -0.3 is 15.2 Å². The summed E-state index contributed by atoms with van der Waals surface area (Å²) < 4.78 is 4.71. The standard InChI is InChI=1S/C14H19NO4/c1-14(2,3)10-5-9(7-16)6-11(13(10)18)15-12(17)8-19-4/h5-7,18H,8H2,1-4H3,(H,15,17). The third-order valence-corrected chi connectivity index (χ3v) is 2.63. The van der Waals surface area contributed by atoms with Gasteiger partial charge in [-0.15, -0.1) is 0 Å². The highest BCUT2D eigenvalue weighted by Gasteiger charge is 2.22. The lowest BCUT2D eigenvalue weighted by Gasteiger charge is -2.22. The number of hydrogen-bond donors (Lipinski definition) is 2. The molecule has 0 radical (unpaired) electrons. The molecule has 0 spiro atoms. The third kappa shape index (κ3) is 3.79. The summed E-state index contributed by atoms with van der Waals surface area (Å²) in [6.07, 6.45) is 0.681. The number of benzene rings is 1. The Hall–Kier alpha value is -1.88. The van der Waals surface area contributed by atoms with Crippen LogP contribution in [-0.2, 0) is 14.9 Å². The summed E-state index contributed by atoms with van der Waals surface area (Å²) in [4.78, 5) is 22.4. The van der Waals surface area contributed by atoms with Crippen molar-refractivity contribution in [2.45, 2.75) is 26.2 Å². The highest BCUT2D eigenvalue weighted by atomic mass is 16.5. The first-order chi connectivity index (χ1) is 8.79. The molecule has 0 aliphatic rings. The van der Waals surface area contributed by atoms with Gasteiger partial charge in [-0.05, 0) is 17.5 Å². The number of ether oxygens (including phenoxy) is 1. The number of hydrogen-bond acceptors (Lipinski definition) is 4. The Morgan fingerprint density at radius 3 is 2.53 bits per heavy atom. The minimum absolute atomic E-state index is 0.0254. The molecule has 1 rings (SSSR count). The molecule has 0 aliphatic carbocycles. The van der Waals surface area contributed by atoms with Crippen LogP contribution < -0.4 is 5.32 Å². The van der Waals surface area contributed by atoms with E-state index in [0.717, 1.165) is 0 Å². The topological polar surface area (TPSA) is 75.6 Å². The molecule has 19 heavy (non-hydrogen) atoms. The Bertz CT molecular complexity index is 489. The van der Waals surface area contributed by atoms with Gasteiger partial charge in [-0.1, -0.05) is 20.8 Å². The molecule has 5 heteroatoms. The lowest BCUT2D eigenvalue weighted by Crippen LogP contribution is -2.19. The van der Waals surface area contributed by atoms with E-state index in [-0.39, 0.29) is 29.4 Å². The van der Waals surface area contributed by atoms with Gasteiger partial charge in [0, 0.05) is 18.2 Å². The largest absolute Gasteiger partial charge is 0.505 e. The number of nitrogens with one attached hydrogen (secondary N) is 1. The van der Waals surface area contributed by atoms with E-state index in [4.69, 9.17) is 4.74 Å². The number of anilines is 1. The Morgan fingerprint density at radius 1 is 1.42 bits per heavy atom. The second-order valence-corrected chi connectivity index (χ2v) is 5.31. The minimum atomic E-state index is -0.388. The molecule has 0 heterocycles. The Labute approximate surface area is 112 Å². The molecule has 0 bridgehead atoms. The zero-order chi connectivity index (χ0) is 14.6. The Balaban J connectivity index is 3.24. The lowest BCUT2D eigenvalue weighted by molar-refractivity contribution is -0.119. The third-order valence-electron chi connectivity index (χ3n) is 2.63. The molecule has 104 valence electrons. The van der Waals surface area contributed by atoms with Crippen LogP contribution >= 0.6 is 0 Å². The van der Waals surface area contributed by atoms with Gasteiger partial charge in [0.25, 0.3) is 0 Å². The van der Waals surface area contributed by atoms with Crippen molar-refractivity contribution < 1.29 is 19.4 Å². The van der Waals surface area contributed by atoms with Crippen molar-refractivity contribution in [3.05, 3.63) is 23.3 Å². The van der Waals surface area contributed by atoms with Crippen molar-refractivity contribution in [3.8, 4) is 5.75 Å². The van der Waals surface area contributed by atoms with Gasteiger partial charge in [-0.25, -0.2) is 0 Å². The average Bonchev–Trinajstić information content (AvgIpc) is 2.30. The predicted molar refractivity (Wildman–Crippen MR) is 72.7 cm³/mol. The molecule has 0 aliphatic heterocycles. The number of amides is 1. The van der Waals surface area contributed by atoms with Gasteiger partial charge in [0.15, 0.2) is 0 Å². The quantitative estimate of drug-likeness (QED) is 0.645. The van der Waals surface area contributed by atoms with Crippen molar-refractivity contribution in [2.75, 3.05) is 19.0 Å². The maximum atomic E-state index is 11.5. The van der Waals surface area contributed by atoms with Crippen LogP contribution in [0.5, 0.6) is 5.75 Å². The predicted octanol–water partition coefficient (Wildman–Crippen LogP) is 2.09. The smallest absolute Gasteiger partial charge is 0.250 e. The first-order valence-electron chi connectivity index (χ1n) is 5.91. The molecule has 0 fully saturated rings. The van der Waals surface area contributed by atoms with Crippen molar-refractivity contribution in [1.82, 2.24) is 0 Å². The first kappa shape index (κ1) is 15.2. The molecule has 0 unspecified atom stereocenters. The van der Waals surface area contributed by atoms with E-state index in [9.17, 15) is 14.7 Å². The molecular weight excluding hydrogens is 246 g/mol. The Kier molecular flexibility index (Phi) is 4.67. The maximum Gasteiger partial charge on any atom is 0.250 e. The summed E-state index contributed by atoms with van der Waals surface area (Å²) in [5, 5.41) is 12.7. The van der Waals surface area contributed by atoms with Crippen LogP contribution in [0, 0.1) is 0 Å². The van der Waals surface area contributed by atoms with E-state index >= 15 is 0 Å². The molecule has 0 atom stereocenters. The summed E-state index contributed by atoms with van der Waals surface area (Å²) in [5.41, 5.74) is 0.876. The van der Waals surface area contributed by atoms with Gasteiger partial charge in [-0.3, -0.25) is 9.59 Å². The lowest BCUT2D eigenvalue weighted by atomic mass is 9.85. The van der Waals surface area contributed by atoms with E-state index in [1.165, 1.54) is 13.2 Å². The summed E-state index contributed by atoms with van der Waals surface area (Å²) in [7, 11) is 1.40. The number of phenolic OH excluding ortho intramolecular Hbond substituents is 1. The second kappa shape index (κ2) is 5.84. The number of carbonyl (C=O) groups excluding carboxylic acids is 2. The van der Waals surface area contributed by atoms with E-state index in [2.05, 4.69) is 5.32 Å². The summed E-state index contributed by atoms with van der Waals surface area (Å²) in [5.74, 6) is -0.414. The highest BCUT2D eigenvalue weighted by Crippen LogP contribution is 2.37. The van der Waals surface area contributed by atoms with Crippen LogP contribution in [0.2, 0.25) is 0 Å². The average molecular weight is 265 g/mol. The molecule has 0 aromatic heterocycles. The van der Waals surface area contributed by atoms with Gasteiger partial charge >= 0.3 is 0 Å². The zero-order valence-corrected chi connectivity index (χ0v) is 11.6. The second-order valence-electron chi connectivity index (χ2n) is 5.31. The molecule has 5 nitrogen and oxygen atoms in total. The van der Waals surface area contributed by atoms with Crippen molar-refractivity contribution in [3.63, 3.8) is 0 Å². The van der Waals surface area contributed by atoms with E-state index in [1.807, 2.05) is 20.8 Å². The fraction of sp³-hybridized carbons (Fsp3) is 0.429. The molecule has 0 saturated carbocycles. The molecule has 2 N–H and O–H groups in total. The van der Waals surface area contributed by atoms with Crippen LogP contribution in [0.1, 0.15) is 36.7 Å². The minimum Gasteiger partial charge on any atom is -0.505 e. The monoisotopic (exact) mass is 265 g/mol. The van der Waals surface area contributed by atoms with Crippen LogP contribution in [0.4, 0.5) is 5.69 Å². The first-order valence-corrected chi connectivity index (χ1v) is 5.91. The van der Waals surface area contributed by atoms with E-state index in [1.54, 1.807) is 6.07 Å². The number of aromatic hydroxyl groups is 1. The van der Waals surface area contributed by atoms with Crippen molar-refractivity contribution in [1.29, 1.82) is 0 Å². The molecule has 1 aromatic rings. The van der Waals surface area contributed by atoms with E-state index in [0.29, 0.717) is 17.4 Å². The van der Waals surface area contributed by atoms with Crippen LogP contribution in [0.3, 0.4) is 0 Å². The van der Waals surface area contributed by atoms with Crippen LogP contribution in [0.15, 0.2) is 12.1 Å². The number of aldehydes is 1. The van der Waals surface area contributed by atoms with Gasteiger partial charge in [0.1, 0.15) is 18.6 Å². The van der Waals surface area contributed by atoms with Gasteiger partial charge in [-0.2, -0.15) is 0 Å². The van der Waals surface area contributed by atoms with Gasteiger partial charge in [0.2, 0.25) is 5.91 Å². The molecular formula is C14H19NO4. The number of rotatable bonds is 4. The fourth-order valence-electron chi connectivity index (χ4n) is 1.71.